The van der Waals surface area contributed by atoms with E-state index in [-0.39, 0.29) is 11.9 Å². The van der Waals surface area contributed by atoms with Gasteiger partial charge in [-0.15, -0.1) is 5.10 Å². The Balaban J connectivity index is 1.79. The lowest BCUT2D eigenvalue weighted by Crippen LogP contribution is -2.38. The lowest BCUT2D eigenvalue weighted by Gasteiger charge is -2.15. The first-order valence-electron chi connectivity index (χ1n) is 6.92. The van der Waals surface area contributed by atoms with E-state index in [2.05, 4.69) is 20.4 Å². The van der Waals surface area contributed by atoms with Crippen LogP contribution in [0.3, 0.4) is 0 Å². The van der Waals surface area contributed by atoms with Crippen molar-refractivity contribution in [2.24, 2.45) is 0 Å². The highest BCUT2D eigenvalue weighted by molar-refractivity contribution is 8.00. The second-order valence-corrected chi connectivity index (χ2v) is 6.43. The fourth-order valence-electron chi connectivity index (χ4n) is 2.31. The average Bonchev–Trinajstić information content (AvgIpc) is 3.04. The van der Waals surface area contributed by atoms with Gasteiger partial charge in [-0.25, -0.2) is 14.3 Å². The Morgan fingerprint density at radius 1 is 1.41 bits per heavy atom. The van der Waals surface area contributed by atoms with Gasteiger partial charge < -0.3 is 5.32 Å². The van der Waals surface area contributed by atoms with E-state index in [1.54, 1.807) is 11.4 Å². The number of urea groups is 1. The molecule has 0 bridgehead atoms. The lowest BCUT2D eigenvalue weighted by molar-refractivity contribution is -0.126. The Bertz CT molecular complexity index is 758. The van der Waals surface area contributed by atoms with E-state index in [0.29, 0.717) is 24.0 Å². The van der Waals surface area contributed by atoms with Crippen molar-refractivity contribution in [3.63, 3.8) is 0 Å². The Morgan fingerprint density at radius 3 is 2.86 bits per heavy atom. The summed E-state index contributed by atoms with van der Waals surface area (Å²) in [6.45, 7) is 6.47. The Kier molecular flexibility index (Phi) is 3.73. The molecule has 3 amide bonds. The Labute approximate surface area is 131 Å². The maximum absolute atomic E-state index is 12.3. The van der Waals surface area contributed by atoms with Crippen molar-refractivity contribution in [2.45, 2.75) is 31.2 Å². The van der Waals surface area contributed by atoms with Crippen LogP contribution in [0.2, 0.25) is 0 Å². The number of nitrogens with one attached hydrogen (secondary N) is 1. The lowest BCUT2D eigenvalue weighted by atomic mass is 10.4. The monoisotopic (exact) mass is 320 g/mol. The molecular weight excluding hydrogens is 304 g/mol. The van der Waals surface area contributed by atoms with E-state index >= 15 is 0 Å². The number of amides is 3. The molecule has 22 heavy (non-hydrogen) atoms. The third-order valence-electron chi connectivity index (χ3n) is 3.35. The standard InChI is InChI=1S/C13H16N6O2S/c1-7-6-8(2)19-11(15-7)16-12(17-19)22-9(3)10(20)18-5-4-14-13(18)21/h6,9H,4-5H2,1-3H3,(H,14,21). The molecule has 3 rings (SSSR count). The quantitative estimate of drug-likeness (QED) is 0.840. The molecule has 9 heteroatoms. The van der Waals surface area contributed by atoms with Crippen molar-refractivity contribution >= 4 is 29.5 Å². The number of imide groups is 1. The molecule has 2 aromatic rings. The third kappa shape index (κ3) is 2.63. The maximum Gasteiger partial charge on any atom is 0.324 e. The summed E-state index contributed by atoms with van der Waals surface area (Å²) in [6.07, 6.45) is 0. The van der Waals surface area contributed by atoms with Crippen molar-refractivity contribution in [3.8, 4) is 0 Å². The van der Waals surface area contributed by atoms with E-state index in [4.69, 9.17) is 0 Å². The van der Waals surface area contributed by atoms with E-state index in [1.807, 2.05) is 19.9 Å². The SMILES string of the molecule is Cc1cc(C)n2nc(SC(C)C(=O)N3CCNC3=O)nc2n1. The van der Waals surface area contributed by atoms with Gasteiger partial charge in [-0.2, -0.15) is 4.98 Å². The number of hydrogen-bond donors (Lipinski definition) is 1. The minimum Gasteiger partial charge on any atom is -0.336 e. The summed E-state index contributed by atoms with van der Waals surface area (Å²) in [5, 5.41) is 7.00. The molecule has 1 fully saturated rings. The summed E-state index contributed by atoms with van der Waals surface area (Å²) in [4.78, 5) is 33.7. The fourth-order valence-corrected chi connectivity index (χ4v) is 3.12. The summed E-state index contributed by atoms with van der Waals surface area (Å²) < 4.78 is 1.65. The molecule has 3 heterocycles. The normalized spacial score (nSPS) is 16.1. The molecule has 0 saturated carbocycles. The summed E-state index contributed by atoms with van der Waals surface area (Å²) in [5.41, 5.74) is 1.80. The van der Waals surface area contributed by atoms with E-state index in [0.717, 1.165) is 11.4 Å². The van der Waals surface area contributed by atoms with E-state index < -0.39 is 5.25 Å². The van der Waals surface area contributed by atoms with Crippen molar-refractivity contribution in [3.05, 3.63) is 17.5 Å². The number of hydrogen-bond acceptors (Lipinski definition) is 6. The Morgan fingerprint density at radius 2 is 2.18 bits per heavy atom. The number of fused-ring (bicyclic) bond motifs is 1. The van der Waals surface area contributed by atoms with Crippen LogP contribution < -0.4 is 5.32 Å². The molecule has 1 N–H and O–H groups in total. The van der Waals surface area contributed by atoms with Crippen LogP contribution in [0.5, 0.6) is 0 Å². The number of nitrogens with zero attached hydrogens (tertiary/aromatic N) is 5. The molecule has 2 aromatic heterocycles. The smallest absolute Gasteiger partial charge is 0.324 e. The van der Waals surface area contributed by atoms with Crippen molar-refractivity contribution < 1.29 is 9.59 Å². The van der Waals surface area contributed by atoms with Gasteiger partial charge in [0.05, 0.1) is 5.25 Å². The van der Waals surface area contributed by atoms with Gasteiger partial charge in [0.15, 0.2) is 0 Å². The van der Waals surface area contributed by atoms with E-state index in [9.17, 15) is 9.59 Å². The zero-order chi connectivity index (χ0) is 15.9. The topological polar surface area (TPSA) is 92.5 Å². The molecular formula is C13H16N6O2S. The minimum atomic E-state index is -0.442. The molecule has 116 valence electrons. The Hall–Kier alpha value is -2.16. The molecule has 0 aliphatic carbocycles. The minimum absolute atomic E-state index is 0.236. The van der Waals surface area contributed by atoms with Crippen LogP contribution in [-0.2, 0) is 4.79 Å². The van der Waals surface area contributed by atoms with Crippen LogP contribution in [0, 0.1) is 13.8 Å². The predicted octanol–water partition coefficient (Wildman–Crippen LogP) is 0.774. The number of rotatable bonds is 3. The van der Waals surface area contributed by atoms with Gasteiger partial charge in [0.25, 0.3) is 5.78 Å². The van der Waals surface area contributed by atoms with Gasteiger partial charge in [0.2, 0.25) is 11.1 Å². The highest BCUT2D eigenvalue weighted by atomic mass is 32.2. The van der Waals surface area contributed by atoms with Gasteiger partial charge in [-0.05, 0) is 26.8 Å². The second-order valence-electron chi connectivity index (χ2n) is 5.13. The van der Waals surface area contributed by atoms with Crippen LogP contribution in [0.15, 0.2) is 11.2 Å². The van der Waals surface area contributed by atoms with Crippen LogP contribution in [0.4, 0.5) is 4.79 Å². The number of thioether (sulfide) groups is 1. The van der Waals surface area contributed by atoms with E-state index in [1.165, 1.54) is 16.7 Å². The maximum atomic E-state index is 12.3. The molecule has 8 nitrogen and oxygen atoms in total. The number of carbonyl (C=O) groups excluding carboxylic acids is 2. The first-order valence-corrected chi connectivity index (χ1v) is 7.80. The largest absolute Gasteiger partial charge is 0.336 e. The first-order chi connectivity index (χ1) is 10.5. The van der Waals surface area contributed by atoms with Gasteiger partial charge in [0.1, 0.15) is 0 Å². The van der Waals surface area contributed by atoms with Crippen LogP contribution >= 0.6 is 11.8 Å². The fraction of sp³-hybridized carbons (Fsp3) is 0.462. The van der Waals surface area contributed by atoms with Crippen LogP contribution in [-0.4, -0.2) is 54.8 Å². The van der Waals surface area contributed by atoms with Crippen molar-refractivity contribution in [1.29, 1.82) is 0 Å². The molecule has 0 radical (unpaired) electrons. The van der Waals surface area contributed by atoms with Crippen LogP contribution in [0.25, 0.3) is 5.78 Å². The van der Waals surface area contributed by atoms with Crippen molar-refractivity contribution in [1.82, 2.24) is 29.8 Å². The molecule has 1 aliphatic heterocycles. The van der Waals surface area contributed by atoms with Crippen molar-refractivity contribution in [2.75, 3.05) is 13.1 Å². The highest BCUT2D eigenvalue weighted by Gasteiger charge is 2.30. The van der Waals surface area contributed by atoms with Gasteiger partial charge in [-0.1, -0.05) is 11.8 Å². The molecule has 1 saturated heterocycles. The molecule has 1 aliphatic rings. The summed E-state index contributed by atoms with van der Waals surface area (Å²) in [7, 11) is 0. The van der Waals surface area contributed by atoms with Crippen LogP contribution in [0.1, 0.15) is 18.3 Å². The summed E-state index contributed by atoms with van der Waals surface area (Å²) >= 11 is 1.23. The third-order valence-corrected chi connectivity index (χ3v) is 4.29. The number of carbonyl (C=O) groups is 2. The van der Waals surface area contributed by atoms with Gasteiger partial charge >= 0.3 is 6.03 Å². The highest BCUT2D eigenvalue weighted by Crippen LogP contribution is 2.22. The molecule has 1 unspecified atom stereocenters. The molecule has 0 spiro atoms. The molecule has 0 aromatic carbocycles. The zero-order valence-electron chi connectivity index (χ0n) is 12.5. The first kappa shape index (κ1) is 14.8. The van der Waals surface area contributed by atoms with Gasteiger partial charge in [0, 0.05) is 24.5 Å². The summed E-state index contributed by atoms with van der Waals surface area (Å²) in [6, 6.07) is 1.58. The second kappa shape index (κ2) is 5.56. The molecule has 1 atom stereocenters. The zero-order valence-corrected chi connectivity index (χ0v) is 13.3. The number of aryl methyl sites for hydroxylation is 2. The average molecular weight is 320 g/mol. The predicted molar refractivity (Wildman–Crippen MR) is 80.7 cm³/mol. The number of aromatic nitrogens is 4. The van der Waals surface area contributed by atoms with Gasteiger partial charge in [-0.3, -0.25) is 9.69 Å². The summed E-state index contributed by atoms with van der Waals surface area (Å²) in [5.74, 6) is 0.276.